The number of rotatable bonds is 4. The lowest BCUT2D eigenvalue weighted by Crippen LogP contribution is -2.12. The number of nitrogens with zero attached hydrogens (tertiary/aromatic N) is 3. The molecule has 0 N–H and O–H groups in total. The van der Waals surface area contributed by atoms with Crippen LogP contribution in [-0.2, 0) is 13.0 Å². The minimum absolute atomic E-state index is 0.581. The molecule has 2 aromatic heterocycles. The van der Waals surface area contributed by atoms with Gasteiger partial charge in [0.05, 0.1) is 5.02 Å². The first-order valence-corrected chi connectivity index (χ1v) is 8.15. The van der Waals surface area contributed by atoms with Gasteiger partial charge in [-0.15, -0.1) is 11.6 Å². The van der Waals surface area contributed by atoms with Crippen LogP contribution >= 0.6 is 23.2 Å². The van der Waals surface area contributed by atoms with Gasteiger partial charge in [-0.05, 0) is 30.7 Å². The first-order chi connectivity index (χ1) is 9.67. The number of hydrogen-bond donors (Lipinski definition) is 0. The van der Waals surface area contributed by atoms with E-state index in [0.29, 0.717) is 10.9 Å². The number of aromatic nitrogens is 3. The highest BCUT2D eigenvalue weighted by Gasteiger charge is 2.23. The maximum Gasteiger partial charge on any atom is 0.160 e. The van der Waals surface area contributed by atoms with E-state index in [4.69, 9.17) is 23.2 Å². The van der Waals surface area contributed by atoms with Gasteiger partial charge in [0.15, 0.2) is 5.65 Å². The highest BCUT2D eigenvalue weighted by molar-refractivity contribution is 6.31. The zero-order valence-electron chi connectivity index (χ0n) is 11.6. The Morgan fingerprint density at radius 2 is 2.25 bits per heavy atom. The summed E-state index contributed by atoms with van der Waals surface area (Å²) < 4.78 is 2.25. The first-order valence-electron chi connectivity index (χ1n) is 7.24. The number of fused-ring (bicyclic) bond motifs is 1. The Bertz CT molecular complexity index is 608. The maximum atomic E-state index is 6.01. The highest BCUT2D eigenvalue weighted by Crippen LogP contribution is 2.32. The second-order valence-electron chi connectivity index (χ2n) is 5.86. The van der Waals surface area contributed by atoms with Crippen molar-refractivity contribution in [2.24, 2.45) is 11.8 Å². The fourth-order valence-corrected chi connectivity index (χ4v) is 3.57. The average molecular weight is 312 g/mol. The molecule has 0 spiro atoms. The van der Waals surface area contributed by atoms with Crippen LogP contribution in [0.5, 0.6) is 0 Å². The summed E-state index contributed by atoms with van der Waals surface area (Å²) >= 11 is 11.9. The van der Waals surface area contributed by atoms with Crippen molar-refractivity contribution < 1.29 is 0 Å². The smallest absolute Gasteiger partial charge is 0.160 e. The quantitative estimate of drug-likeness (QED) is 0.788. The van der Waals surface area contributed by atoms with Gasteiger partial charge in [0.25, 0.3) is 0 Å². The molecule has 1 aliphatic carbocycles. The van der Waals surface area contributed by atoms with Crippen LogP contribution in [0, 0.1) is 11.8 Å². The van der Waals surface area contributed by atoms with Crippen LogP contribution in [0.4, 0.5) is 0 Å². The Labute approximate surface area is 129 Å². The van der Waals surface area contributed by atoms with E-state index in [1.807, 2.05) is 6.07 Å². The summed E-state index contributed by atoms with van der Waals surface area (Å²) in [6.07, 6.45) is 6.41. The van der Waals surface area contributed by atoms with Crippen molar-refractivity contribution in [2.75, 3.05) is 5.88 Å². The molecule has 1 saturated carbocycles. The summed E-state index contributed by atoms with van der Waals surface area (Å²) in [7, 11) is 0. The second-order valence-corrected chi connectivity index (χ2v) is 6.67. The molecule has 0 amide bonds. The molecular formula is C15H19Cl2N3. The number of pyridine rings is 1. The standard InChI is InChI=1S/C15H19Cl2N3/c1-10-2-3-11(6-10)9-20-14(4-5-16)19-13-7-12(17)8-18-15(13)20/h7-8,10-11H,2-6,9H2,1H3. The highest BCUT2D eigenvalue weighted by atomic mass is 35.5. The molecule has 1 aliphatic rings. The Morgan fingerprint density at radius 1 is 1.40 bits per heavy atom. The van der Waals surface area contributed by atoms with Gasteiger partial charge in [-0.3, -0.25) is 0 Å². The van der Waals surface area contributed by atoms with Crippen molar-refractivity contribution in [3.63, 3.8) is 0 Å². The normalized spacial score (nSPS) is 22.8. The number of halogens is 2. The van der Waals surface area contributed by atoms with Gasteiger partial charge in [-0.2, -0.15) is 0 Å². The Kier molecular flexibility index (Phi) is 4.18. The van der Waals surface area contributed by atoms with Crippen LogP contribution < -0.4 is 0 Å². The van der Waals surface area contributed by atoms with Gasteiger partial charge >= 0.3 is 0 Å². The first kappa shape index (κ1) is 14.2. The number of aryl methyl sites for hydroxylation is 1. The van der Waals surface area contributed by atoms with E-state index in [1.54, 1.807) is 6.20 Å². The van der Waals surface area contributed by atoms with Gasteiger partial charge in [0, 0.05) is 25.0 Å². The summed E-state index contributed by atoms with van der Waals surface area (Å²) in [5.41, 5.74) is 1.82. The lowest BCUT2D eigenvalue weighted by Gasteiger charge is -2.13. The molecule has 0 bridgehead atoms. The van der Waals surface area contributed by atoms with E-state index in [2.05, 4.69) is 21.5 Å². The summed E-state index contributed by atoms with van der Waals surface area (Å²) in [4.78, 5) is 9.13. The summed E-state index contributed by atoms with van der Waals surface area (Å²) in [5, 5.41) is 0.633. The minimum atomic E-state index is 0.581. The van der Waals surface area contributed by atoms with Crippen LogP contribution in [0.1, 0.15) is 32.0 Å². The molecule has 0 radical (unpaired) electrons. The van der Waals surface area contributed by atoms with Gasteiger partial charge < -0.3 is 4.57 Å². The third kappa shape index (κ3) is 2.79. The molecule has 5 heteroatoms. The van der Waals surface area contributed by atoms with Crippen molar-refractivity contribution in [1.29, 1.82) is 0 Å². The van der Waals surface area contributed by atoms with Crippen LogP contribution in [0.25, 0.3) is 11.2 Å². The molecule has 0 aliphatic heterocycles. The van der Waals surface area contributed by atoms with Gasteiger partial charge in [-0.25, -0.2) is 9.97 Å². The van der Waals surface area contributed by atoms with E-state index in [0.717, 1.165) is 41.8 Å². The third-order valence-electron chi connectivity index (χ3n) is 4.19. The zero-order valence-corrected chi connectivity index (χ0v) is 13.2. The number of alkyl halides is 1. The van der Waals surface area contributed by atoms with E-state index < -0.39 is 0 Å². The largest absolute Gasteiger partial charge is 0.312 e. The van der Waals surface area contributed by atoms with Gasteiger partial charge in [0.2, 0.25) is 0 Å². The minimum Gasteiger partial charge on any atom is -0.312 e. The predicted molar refractivity (Wildman–Crippen MR) is 83.5 cm³/mol. The maximum absolute atomic E-state index is 6.01. The molecule has 0 aromatic carbocycles. The molecule has 20 heavy (non-hydrogen) atoms. The Morgan fingerprint density at radius 3 is 2.95 bits per heavy atom. The van der Waals surface area contributed by atoms with Crippen LogP contribution in [0.2, 0.25) is 5.02 Å². The van der Waals surface area contributed by atoms with Crippen molar-refractivity contribution in [3.8, 4) is 0 Å². The fourth-order valence-electron chi connectivity index (χ4n) is 3.25. The van der Waals surface area contributed by atoms with Crippen molar-refractivity contribution >= 4 is 34.4 Å². The molecule has 2 atom stereocenters. The fraction of sp³-hybridized carbons (Fsp3) is 0.600. The summed E-state index contributed by atoms with van der Waals surface area (Å²) in [5.74, 6) is 3.19. The molecule has 2 heterocycles. The molecule has 0 saturated heterocycles. The van der Waals surface area contributed by atoms with Crippen molar-refractivity contribution in [3.05, 3.63) is 23.1 Å². The van der Waals surface area contributed by atoms with Crippen molar-refractivity contribution in [1.82, 2.24) is 14.5 Å². The summed E-state index contributed by atoms with van der Waals surface area (Å²) in [6, 6.07) is 1.88. The Hall–Kier alpha value is -0.800. The molecule has 108 valence electrons. The lowest BCUT2D eigenvalue weighted by atomic mass is 10.1. The predicted octanol–water partition coefficient (Wildman–Crippen LogP) is 4.30. The van der Waals surface area contributed by atoms with E-state index >= 15 is 0 Å². The van der Waals surface area contributed by atoms with Crippen LogP contribution in [0.3, 0.4) is 0 Å². The van der Waals surface area contributed by atoms with Crippen molar-refractivity contribution in [2.45, 2.75) is 39.2 Å². The zero-order chi connectivity index (χ0) is 14.1. The van der Waals surface area contributed by atoms with E-state index in [1.165, 1.54) is 19.3 Å². The van der Waals surface area contributed by atoms with Gasteiger partial charge in [-0.1, -0.05) is 24.9 Å². The number of imidazole rings is 1. The third-order valence-corrected chi connectivity index (χ3v) is 4.59. The average Bonchev–Trinajstić information content (AvgIpc) is 2.95. The summed E-state index contributed by atoms with van der Waals surface area (Å²) in [6.45, 7) is 3.34. The molecular weight excluding hydrogens is 293 g/mol. The van der Waals surface area contributed by atoms with Crippen LogP contribution in [0.15, 0.2) is 12.3 Å². The molecule has 2 aromatic rings. The molecule has 3 rings (SSSR count). The number of hydrogen-bond acceptors (Lipinski definition) is 2. The lowest BCUT2D eigenvalue weighted by molar-refractivity contribution is 0.438. The van der Waals surface area contributed by atoms with E-state index in [-0.39, 0.29) is 0 Å². The van der Waals surface area contributed by atoms with Gasteiger partial charge in [0.1, 0.15) is 11.3 Å². The second kappa shape index (κ2) is 5.90. The Balaban J connectivity index is 1.95. The molecule has 2 unspecified atom stereocenters. The topological polar surface area (TPSA) is 30.7 Å². The van der Waals surface area contributed by atoms with E-state index in [9.17, 15) is 0 Å². The molecule has 3 nitrogen and oxygen atoms in total. The molecule has 1 fully saturated rings. The van der Waals surface area contributed by atoms with Crippen LogP contribution in [-0.4, -0.2) is 20.4 Å². The monoisotopic (exact) mass is 311 g/mol. The SMILES string of the molecule is CC1CCC(Cn2c(CCCl)nc3cc(Cl)cnc32)C1.